The number of nitrogens with zero attached hydrogens (tertiary/aromatic N) is 3. The summed E-state index contributed by atoms with van der Waals surface area (Å²) in [5.41, 5.74) is 1.12. The van der Waals surface area contributed by atoms with Crippen LogP contribution in [0.1, 0.15) is 27.6 Å². The van der Waals surface area contributed by atoms with E-state index in [1.54, 1.807) is 24.8 Å². The topological polar surface area (TPSA) is 68.0 Å². The predicted octanol–water partition coefficient (Wildman–Crippen LogP) is 2.42. The van der Waals surface area contributed by atoms with E-state index in [2.05, 4.69) is 10.2 Å². The number of aromatic carboxylic acids is 1. The number of aromatic nitrogens is 3. The van der Waals surface area contributed by atoms with Gasteiger partial charge in [-0.3, -0.25) is 0 Å². The number of hydrogen-bond donors (Lipinski definition) is 1. The minimum atomic E-state index is -0.894. The highest BCUT2D eigenvalue weighted by Crippen LogP contribution is 2.24. The molecule has 0 aliphatic rings. The zero-order valence-electron chi connectivity index (χ0n) is 11.0. The number of hydrogen-bond acceptors (Lipinski definition) is 4. The fraction of sp³-hybridized carbons (Fsp3) is 0.308. The second-order valence-corrected chi connectivity index (χ2v) is 5.34. The Labute approximate surface area is 115 Å². The van der Waals surface area contributed by atoms with Crippen molar-refractivity contribution in [3.63, 3.8) is 0 Å². The van der Waals surface area contributed by atoms with Crippen molar-refractivity contribution in [1.29, 1.82) is 0 Å². The van der Waals surface area contributed by atoms with Gasteiger partial charge in [-0.25, -0.2) is 4.79 Å². The van der Waals surface area contributed by atoms with Crippen molar-refractivity contribution in [3.8, 4) is 0 Å². The van der Waals surface area contributed by atoms with Gasteiger partial charge >= 0.3 is 5.97 Å². The Morgan fingerprint density at radius 2 is 2.11 bits per heavy atom. The van der Waals surface area contributed by atoms with E-state index in [0.29, 0.717) is 11.3 Å². The first-order valence-corrected chi connectivity index (χ1v) is 6.79. The van der Waals surface area contributed by atoms with Crippen LogP contribution in [0.25, 0.3) is 0 Å². The maximum Gasteiger partial charge on any atom is 0.335 e. The van der Waals surface area contributed by atoms with Crippen LogP contribution in [0.4, 0.5) is 0 Å². The molecule has 6 heteroatoms. The summed E-state index contributed by atoms with van der Waals surface area (Å²) < 4.78 is 1.93. The molecule has 1 N–H and O–H groups in total. The number of carboxylic acids is 1. The maximum atomic E-state index is 11.1. The summed E-state index contributed by atoms with van der Waals surface area (Å²) in [6, 6.07) is 5.45. The number of benzene rings is 1. The molecule has 0 atom stereocenters. The quantitative estimate of drug-likeness (QED) is 0.869. The Balaban J connectivity index is 2.14. The van der Waals surface area contributed by atoms with E-state index in [1.807, 2.05) is 30.7 Å². The summed E-state index contributed by atoms with van der Waals surface area (Å²) in [5, 5.41) is 17.2. The zero-order chi connectivity index (χ0) is 14.0. The number of carboxylic acid groups (broad SMARTS) is 1. The van der Waals surface area contributed by atoms with Gasteiger partial charge in [0.05, 0.1) is 11.3 Å². The minimum absolute atomic E-state index is 0.346. The molecule has 2 aromatic rings. The van der Waals surface area contributed by atoms with E-state index in [9.17, 15) is 4.79 Å². The van der Waals surface area contributed by atoms with Crippen LogP contribution in [0.3, 0.4) is 0 Å². The highest BCUT2D eigenvalue weighted by Gasteiger charge is 2.10. The van der Waals surface area contributed by atoms with E-state index >= 15 is 0 Å². The van der Waals surface area contributed by atoms with E-state index in [4.69, 9.17) is 5.11 Å². The molecule has 0 aliphatic heterocycles. The van der Waals surface area contributed by atoms with Crippen LogP contribution in [0.5, 0.6) is 0 Å². The molecule has 1 aromatic carbocycles. The fourth-order valence-electron chi connectivity index (χ4n) is 1.65. The first-order chi connectivity index (χ1) is 8.99. The van der Waals surface area contributed by atoms with Crippen LogP contribution in [-0.2, 0) is 12.8 Å². The summed E-state index contributed by atoms with van der Waals surface area (Å²) in [4.78, 5) is 12.0. The third kappa shape index (κ3) is 2.96. The van der Waals surface area contributed by atoms with Gasteiger partial charge < -0.3 is 9.67 Å². The van der Waals surface area contributed by atoms with Gasteiger partial charge in [-0.15, -0.1) is 22.0 Å². The first-order valence-electron chi connectivity index (χ1n) is 5.80. The molecule has 0 saturated heterocycles. The highest BCUT2D eigenvalue weighted by atomic mass is 32.2. The van der Waals surface area contributed by atoms with Gasteiger partial charge in [0.1, 0.15) is 11.6 Å². The third-order valence-electron chi connectivity index (χ3n) is 2.99. The zero-order valence-corrected chi connectivity index (χ0v) is 11.9. The van der Waals surface area contributed by atoms with Gasteiger partial charge in [0, 0.05) is 11.9 Å². The molecule has 2 rings (SSSR count). The van der Waals surface area contributed by atoms with Crippen molar-refractivity contribution in [2.45, 2.75) is 24.5 Å². The maximum absolute atomic E-state index is 11.1. The molecular weight excluding hydrogens is 262 g/mol. The summed E-state index contributed by atoms with van der Waals surface area (Å²) >= 11 is 1.55. The molecule has 100 valence electrons. The smallest absolute Gasteiger partial charge is 0.335 e. The molecule has 0 unspecified atom stereocenters. The van der Waals surface area contributed by atoms with Crippen molar-refractivity contribution in [2.24, 2.45) is 7.05 Å². The Morgan fingerprint density at radius 3 is 2.68 bits per heavy atom. The van der Waals surface area contributed by atoms with Crippen molar-refractivity contribution in [3.05, 3.63) is 41.0 Å². The van der Waals surface area contributed by atoms with E-state index in [0.717, 1.165) is 22.1 Å². The molecule has 0 aliphatic carbocycles. The SMILES string of the molecule is Cc1ccc(SCc2nnc(C)n2C)cc1C(=O)O. The lowest BCUT2D eigenvalue weighted by Gasteiger charge is -2.05. The summed E-state index contributed by atoms with van der Waals surface area (Å²) in [6.07, 6.45) is 0. The second-order valence-electron chi connectivity index (χ2n) is 4.29. The molecule has 0 saturated carbocycles. The molecule has 19 heavy (non-hydrogen) atoms. The average Bonchev–Trinajstić information content (AvgIpc) is 2.69. The highest BCUT2D eigenvalue weighted by molar-refractivity contribution is 7.98. The summed E-state index contributed by atoms with van der Waals surface area (Å²) in [7, 11) is 1.92. The predicted molar refractivity (Wildman–Crippen MR) is 73.4 cm³/mol. The fourth-order valence-corrected chi connectivity index (χ4v) is 2.56. The summed E-state index contributed by atoms with van der Waals surface area (Å²) in [5.74, 6) is 1.51. The molecule has 1 aromatic heterocycles. The molecular formula is C13H15N3O2S. The lowest BCUT2D eigenvalue weighted by molar-refractivity contribution is 0.0696. The number of carbonyl (C=O) groups is 1. The monoisotopic (exact) mass is 277 g/mol. The summed E-state index contributed by atoms with van der Waals surface area (Å²) in [6.45, 7) is 3.69. The van der Waals surface area contributed by atoms with Gasteiger partial charge in [-0.2, -0.15) is 0 Å². The second kappa shape index (κ2) is 5.44. The molecule has 0 fully saturated rings. The Hall–Kier alpha value is -1.82. The molecule has 0 radical (unpaired) electrons. The van der Waals surface area contributed by atoms with Crippen LogP contribution in [-0.4, -0.2) is 25.8 Å². The van der Waals surface area contributed by atoms with Gasteiger partial charge in [0.25, 0.3) is 0 Å². The van der Waals surface area contributed by atoms with Crippen molar-refractivity contribution in [2.75, 3.05) is 0 Å². The number of rotatable bonds is 4. The van der Waals surface area contributed by atoms with Crippen molar-refractivity contribution >= 4 is 17.7 Å². The molecule has 0 spiro atoms. The van der Waals surface area contributed by atoms with Crippen LogP contribution in [0.15, 0.2) is 23.1 Å². The van der Waals surface area contributed by atoms with Crippen molar-refractivity contribution < 1.29 is 9.90 Å². The van der Waals surface area contributed by atoms with Crippen LogP contribution in [0, 0.1) is 13.8 Å². The van der Waals surface area contributed by atoms with Crippen molar-refractivity contribution in [1.82, 2.24) is 14.8 Å². The Kier molecular flexibility index (Phi) is 3.90. The average molecular weight is 277 g/mol. The van der Waals surface area contributed by atoms with Crippen LogP contribution in [0.2, 0.25) is 0 Å². The van der Waals surface area contributed by atoms with Gasteiger partial charge in [0.15, 0.2) is 0 Å². The minimum Gasteiger partial charge on any atom is -0.478 e. The van der Waals surface area contributed by atoms with Gasteiger partial charge in [0.2, 0.25) is 0 Å². The molecule has 0 amide bonds. The lowest BCUT2D eigenvalue weighted by atomic mass is 10.1. The Bertz CT molecular complexity index is 622. The normalized spacial score (nSPS) is 10.7. The van der Waals surface area contributed by atoms with Gasteiger partial charge in [-0.1, -0.05) is 6.07 Å². The lowest BCUT2D eigenvalue weighted by Crippen LogP contribution is -2.00. The van der Waals surface area contributed by atoms with E-state index < -0.39 is 5.97 Å². The first kappa shape index (κ1) is 13.6. The number of aryl methyl sites for hydroxylation is 2. The van der Waals surface area contributed by atoms with Gasteiger partial charge in [-0.05, 0) is 31.5 Å². The van der Waals surface area contributed by atoms with E-state index in [1.165, 1.54) is 0 Å². The molecule has 1 heterocycles. The van der Waals surface area contributed by atoms with E-state index in [-0.39, 0.29) is 0 Å². The Morgan fingerprint density at radius 1 is 1.37 bits per heavy atom. The number of thioether (sulfide) groups is 1. The largest absolute Gasteiger partial charge is 0.478 e. The molecule has 0 bridgehead atoms. The standard InChI is InChI=1S/C13H15N3O2S/c1-8-4-5-10(6-11(8)13(17)18)19-7-12-15-14-9(2)16(12)3/h4-6H,7H2,1-3H3,(H,17,18). The third-order valence-corrected chi connectivity index (χ3v) is 3.98. The van der Waals surface area contributed by atoms with Crippen LogP contribution < -0.4 is 0 Å². The molecule has 5 nitrogen and oxygen atoms in total. The van der Waals surface area contributed by atoms with Crippen LogP contribution >= 0.6 is 11.8 Å².